The summed E-state index contributed by atoms with van der Waals surface area (Å²) in [6.07, 6.45) is 0. The third-order valence-corrected chi connectivity index (χ3v) is 0.432. The molecule has 0 aromatic heterocycles. The van der Waals surface area contributed by atoms with Crippen LogP contribution in [0.3, 0.4) is 0 Å². The summed E-state index contributed by atoms with van der Waals surface area (Å²) in [4.78, 5) is 0. The normalized spacial score (nSPS) is 9.00. The van der Waals surface area contributed by atoms with Gasteiger partial charge in [-0.15, -0.1) is 0 Å². The molecule has 0 aromatic rings. The van der Waals surface area contributed by atoms with E-state index in [1.54, 1.807) is 0 Å². The number of hydrogen-bond donors (Lipinski definition) is 2. The molecule has 3 nitrogen and oxygen atoms in total. The molecule has 0 rings (SSSR count). The fraction of sp³-hybridized carbons (Fsp3) is 0.750. The first-order valence-electron chi connectivity index (χ1n) is 2.23. The Kier molecular flexibility index (Phi) is 3.32. The molecule has 2 N–H and O–H groups in total. The topological polar surface area (TPSA) is 36.4 Å². The van der Waals surface area contributed by atoms with Gasteiger partial charge in [0.15, 0.2) is 0 Å². The van der Waals surface area contributed by atoms with Crippen molar-refractivity contribution in [1.29, 1.82) is 0 Å². The molecule has 0 bridgehead atoms. The Morgan fingerprint density at radius 2 is 2.14 bits per heavy atom. The molecular formula is C4H11N3. The molecule has 42 valence electrons. The van der Waals surface area contributed by atoms with Crippen molar-refractivity contribution < 1.29 is 0 Å². The Bertz CT molecular complexity index is 50.9. The lowest BCUT2D eigenvalue weighted by molar-refractivity contribution is 0.491. The third kappa shape index (κ3) is 5.43. The Labute approximate surface area is 43.8 Å². The molecule has 0 unspecified atom stereocenters. The van der Waals surface area contributed by atoms with E-state index in [0.29, 0.717) is 6.04 Å². The van der Waals surface area contributed by atoms with Gasteiger partial charge in [0.25, 0.3) is 0 Å². The third-order valence-electron chi connectivity index (χ3n) is 0.432. The Morgan fingerprint density at radius 3 is 2.29 bits per heavy atom. The molecule has 7 heavy (non-hydrogen) atoms. The van der Waals surface area contributed by atoms with Crippen molar-refractivity contribution in [3.63, 3.8) is 0 Å². The van der Waals surface area contributed by atoms with Gasteiger partial charge in [0.05, 0.1) is 0 Å². The van der Waals surface area contributed by atoms with Crippen LogP contribution in [0.5, 0.6) is 0 Å². The second-order valence-electron chi connectivity index (χ2n) is 1.57. The predicted octanol–water partition coefficient (Wildman–Crippen LogP) is 0.105. The summed E-state index contributed by atoms with van der Waals surface area (Å²) < 4.78 is 0. The lowest BCUT2D eigenvalue weighted by Crippen LogP contribution is -2.32. The molecule has 0 aliphatic heterocycles. The second-order valence-corrected chi connectivity index (χ2v) is 1.57. The molecular weight excluding hydrogens is 90.1 g/mol. The van der Waals surface area contributed by atoms with Gasteiger partial charge in [-0.2, -0.15) is 5.10 Å². The van der Waals surface area contributed by atoms with Gasteiger partial charge in [-0.3, -0.25) is 0 Å². The number of nitrogens with zero attached hydrogens (tertiary/aromatic N) is 1. The minimum atomic E-state index is 0.408. The molecule has 0 saturated heterocycles. The number of nitrogens with one attached hydrogen (secondary N) is 2. The van der Waals surface area contributed by atoms with E-state index in [4.69, 9.17) is 0 Å². The van der Waals surface area contributed by atoms with E-state index in [2.05, 4.69) is 22.8 Å². The molecule has 3 heteroatoms. The van der Waals surface area contributed by atoms with E-state index in [0.717, 1.165) is 0 Å². The first kappa shape index (κ1) is 6.43. The number of hydrazine groups is 1. The van der Waals surface area contributed by atoms with Crippen molar-refractivity contribution >= 4 is 6.72 Å². The highest BCUT2D eigenvalue weighted by molar-refractivity contribution is 5.22. The molecule has 0 amide bonds. The Hall–Kier alpha value is -0.570. The molecule has 0 aromatic carbocycles. The van der Waals surface area contributed by atoms with E-state index >= 15 is 0 Å². The maximum atomic E-state index is 3.36. The Balaban J connectivity index is 2.81. The molecule has 0 aliphatic carbocycles. The lowest BCUT2D eigenvalue weighted by Gasteiger charge is -2.03. The standard InChI is InChI=1S/C4H11N3/c1-4(2)6-7-5-3/h4,6-7H,3H2,1-2H3. The summed E-state index contributed by atoms with van der Waals surface area (Å²) >= 11 is 0. The van der Waals surface area contributed by atoms with Crippen LogP contribution in [0, 0.1) is 0 Å². The lowest BCUT2D eigenvalue weighted by atomic mass is 10.4. The highest BCUT2D eigenvalue weighted by atomic mass is 15.6. The molecule has 0 aliphatic rings. The van der Waals surface area contributed by atoms with E-state index < -0.39 is 0 Å². The summed E-state index contributed by atoms with van der Waals surface area (Å²) in [5.74, 6) is 0. The van der Waals surface area contributed by atoms with E-state index in [9.17, 15) is 0 Å². The average molecular weight is 101 g/mol. The van der Waals surface area contributed by atoms with E-state index in [-0.39, 0.29) is 0 Å². The van der Waals surface area contributed by atoms with Crippen LogP contribution in [-0.4, -0.2) is 12.8 Å². The predicted molar refractivity (Wildman–Crippen MR) is 31.0 cm³/mol. The monoisotopic (exact) mass is 101 g/mol. The maximum Gasteiger partial charge on any atom is 0.0219 e. The van der Waals surface area contributed by atoms with Gasteiger partial charge in [0.1, 0.15) is 0 Å². The van der Waals surface area contributed by atoms with Gasteiger partial charge in [-0.25, -0.2) is 11.0 Å². The van der Waals surface area contributed by atoms with Crippen LogP contribution in [-0.2, 0) is 0 Å². The van der Waals surface area contributed by atoms with Gasteiger partial charge >= 0.3 is 0 Å². The van der Waals surface area contributed by atoms with Crippen LogP contribution < -0.4 is 11.0 Å². The van der Waals surface area contributed by atoms with Crippen LogP contribution in [0.25, 0.3) is 0 Å². The van der Waals surface area contributed by atoms with E-state index in [1.165, 1.54) is 0 Å². The van der Waals surface area contributed by atoms with Crippen molar-refractivity contribution in [3.05, 3.63) is 0 Å². The smallest absolute Gasteiger partial charge is 0.0219 e. The SMILES string of the molecule is C=NNNC(C)C. The first-order valence-corrected chi connectivity index (χ1v) is 2.23. The summed E-state index contributed by atoms with van der Waals surface area (Å²) in [5, 5.41) is 3.36. The van der Waals surface area contributed by atoms with Crippen molar-refractivity contribution in [2.45, 2.75) is 19.9 Å². The maximum absolute atomic E-state index is 3.36. The largest absolute Gasteiger partial charge is 0.243 e. The number of hydrazone groups is 1. The van der Waals surface area contributed by atoms with E-state index in [1.807, 2.05) is 13.8 Å². The Morgan fingerprint density at radius 1 is 1.57 bits per heavy atom. The molecule has 0 spiro atoms. The van der Waals surface area contributed by atoms with Gasteiger partial charge in [0, 0.05) is 12.8 Å². The second kappa shape index (κ2) is 3.61. The zero-order chi connectivity index (χ0) is 5.70. The average Bonchev–Trinajstić information content (AvgIpc) is 1.61. The summed E-state index contributed by atoms with van der Waals surface area (Å²) in [6, 6.07) is 0.408. The van der Waals surface area contributed by atoms with Crippen LogP contribution in [0.4, 0.5) is 0 Å². The highest BCUT2D eigenvalue weighted by Crippen LogP contribution is 1.68. The van der Waals surface area contributed by atoms with Gasteiger partial charge in [-0.1, -0.05) is 0 Å². The molecule has 0 saturated carbocycles. The molecule has 0 fully saturated rings. The number of rotatable bonds is 3. The van der Waals surface area contributed by atoms with Crippen LogP contribution >= 0.6 is 0 Å². The highest BCUT2D eigenvalue weighted by Gasteiger charge is 1.82. The van der Waals surface area contributed by atoms with Crippen molar-refractivity contribution in [3.8, 4) is 0 Å². The molecule has 0 atom stereocenters. The number of hydrogen-bond acceptors (Lipinski definition) is 3. The van der Waals surface area contributed by atoms with Crippen LogP contribution in [0.1, 0.15) is 13.8 Å². The quantitative estimate of drug-likeness (QED) is 0.391. The molecule has 0 heterocycles. The molecule has 0 radical (unpaired) electrons. The van der Waals surface area contributed by atoms with Gasteiger partial charge < -0.3 is 0 Å². The van der Waals surface area contributed by atoms with Crippen molar-refractivity contribution in [2.24, 2.45) is 5.10 Å². The minimum absolute atomic E-state index is 0.408. The fourth-order valence-electron chi connectivity index (χ4n) is 0.175. The zero-order valence-electron chi connectivity index (χ0n) is 4.73. The van der Waals surface area contributed by atoms with Crippen molar-refractivity contribution in [1.82, 2.24) is 11.0 Å². The first-order chi connectivity index (χ1) is 3.27. The summed E-state index contributed by atoms with van der Waals surface area (Å²) in [7, 11) is 0. The van der Waals surface area contributed by atoms with Gasteiger partial charge in [0.2, 0.25) is 0 Å². The zero-order valence-corrected chi connectivity index (χ0v) is 4.73. The fourth-order valence-corrected chi connectivity index (χ4v) is 0.175. The minimum Gasteiger partial charge on any atom is -0.243 e. The van der Waals surface area contributed by atoms with Crippen LogP contribution in [0.15, 0.2) is 5.10 Å². The summed E-state index contributed by atoms with van der Waals surface area (Å²) in [6.45, 7) is 7.23. The summed E-state index contributed by atoms with van der Waals surface area (Å²) in [5.41, 5.74) is 5.33. The van der Waals surface area contributed by atoms with Crippen LogP contribution in [0.2, 0.25) is 0 Å². The van der Waals surface area contributed by atoms with Crippen molar-refractivity contribution in [2.75, 3.05) is 0 Å². The van der Waals surface area contributed by atoms with Gasteiger partial charge in [-0.05, 0) is 13.8 Å².